The Balaban J connectivity index is 1.48. The maximum absolute atomic E-state index is 12.7. The molecule has 0 saturated carbocycles. The highest BCUT2D eigenvalue weighted by Gasteiger charge is 2.31. The van der Waals surface area contributed by atoms with Gasteiger partial charge in [0.25, 0.3) is 0 Å². The standard InChI is InChI=1S/C19H18N2O3/c22-18(21-10-9-13-5-1-3-7-16(13)21)11-14-12-24-17-8-4-2-6-15(17)20-19(14)23/h1-8,14H,9-12H2,(H,20,23). The third kappa shape index (κ3) is 2.62. The minimum absolute atomic E-state index is 0.0327. The van der Waals surface area contributed by atoms with Gasteiger partial charge in [0, 0.05) is 18.7 Å². The molecule has 0 bridgehead atoms. The number of hydrogen-bond acceptors (Lipinski definition) is 3. The molecule has 24 heavy (non-hydrogen) atoms. The zero-order valence-corrected chi connectivity index (χ0v) is 13.2. The average molecular weight is 322 g/mol. The molecule has 0 fully saturated rings. The van der Waals surface area contributed by atoms with Gasteiger partial charge in [-0.2, -0.15) is 0 Å². The molecule has 2 amide bonds. The summed E-state index contributed by atoms with van der Waals surface area (Å²) in [6.07, 6.45) is 1.01. The summed E-state index contributed by atoms with van der Waals surface area (Å²) in [4.78, 5) is 26.9. The van der Waals surface area contributed by atoms with E-state index in [9.17, 15) is 9.59 Å². The quantitative estimate of drug-likeness (QED) is 0.924. The first kappa shape index (κ1) is 14.8. The van der Waals surface area contributed by atoms with Crippen molar-refractivity contribution in [2.24, 2.45) is 5.92 Å². The Morgan fingerprint density at radius 2 is 1.96 bits per heavy atom. The summed E-state index contributed by atoms with van der Waals surface area (Å²) in [6.45, 7) is 0.887. The highest BCUT2D eigenvalue weighted by Crippen LogP contribution is 2.31. The van der Waals surface area contributed by atoms with E-state index in [4.69, 9.17) is 4.74 Å². The molecule has 4 rings (SSSR count). The Morgan fingerprint density at radius 3 is 2.88 bits per heavy atom. The Labute approximate surface area is 140 Å². The number of rotatable bonds is 2. The smallest absolute Gasteiger partial charge is 0.231 e. The second kappa shape index (κ2) is 6.00. The van der Waals surface area contributed by atoms with Crippen LogP contribution in [0.1, 0.15) is 12.0 Å². The molecule has 1 N–H and O–H groups in total. The van der Waals surface area contributed by atoms with Gasteiger partial charge in [-0.25, -0.2) is 0 Å². The molecule has 0 radical (unpaired) electrons. The van der Waals surface area contributed by atoms with Crippen LogP contribution in [0.4, 0.5) is 11.4 Å². The first-order chi connectivity index (χ1) is 11.7. The number of carbonyl (C=O) groups excluding carboxylic acids is 2. The van der Waals surface area contributed by atoms with E-state index in [-0.39, 0.29) is 24.8 Å². The number of hydrogen-bond donors (Lipinski definition) is 1. The molecule has 1 atom stereocenters. The fourth-order valence-corrected chi connectivity index (χ4v) is 3.27. The van der Waals surface area contributed by atoms with E-state index in [1.165, 1.54) is 5.56 Å². The number of para-hydroxylation sites is 3. The first-order valence-corrected chi connectivity index (χ1v) is 8.13. The van der Waals surface area contributed by atoms with E-state index in [1.807, 2.05) is 42.5 Å². The largest absolute Gasteiger partial charge is 0.491 e. The molecule has 2 aromatic carbocycles. The molecule has 0 aliphatic carbocycles. The zero-order valence-electron chi connectivity index (χ0n) is 13.2. The third-order valence-corrected chi connectivity index (χ3v) is 4.56. The van der Waals surface area contributed by atoms with Gasteiger partial charge in [-0.1, -0.05) is 30.3 Å². The Morgan fingerprint density at radius 1 is 1.17 bits per heavy atom. The molecule has 2 aliphatic rings. The van der Waals surface area contributed by atoms with Gasteiger partial charge in [-0.05, 0) is 30.2 Å². The average Bonchev–Trinajstić information content (AvgIpc) is 2.96. The van der Waals surface area contributed by atoms with E-state index < -0.39 is 5.92 Å². The number of ether oxygens (including phenoxy) is 1. The monoisotopic (exact) mass is 322 g/mol. The van der Waals surface area contributed by atoms with Crippen molar-refractivity contribution in [2.75, 3.05) is 23.4 Å². The van der Waals surface area contributed by atoms with Crippen LogP contribution in [0.25, 0.3) is 0 Å². The molecular weight excluding hydrogens is 304 g/mol. The zero-order chi connectivity index (χ0) is 16.5. The van der Waals surface area contributed by atoms with Gasteiger partial charge >= 0.3 is 0 Å². The topological polar surface area (TPSA) is 58.6 Å². The van der Waals surface area contributed by atoms with E-state index >= 15 is 0 Å². The minimum atomic E-state index is -0.488. The minimum Gasteiger partial charge on any atom is -0.491 e. The summed E-state index contributed by atoms with van der Waals surface area (Å²) in [5.74, 6) is -0.0413. The van der Waals surface area contributed by atoms with Crippen molar-refractivity contribution in [3.05, 3.63) is 54.1 Å². The molecule has 2 aliphatic heterocycles. The van der Waals surface area contributed by atoms with Crippen LogP contribution in [0.3, 0.4) is 0 Å². The van der Waals surface area contributed by atoms with E-state index in [1.54, 1.807) is 11.0 Å². The molecule has 122 valence electrons. The molecule has 0 aromatic heterocycles. The van der Waals surface area contributed by atoms with Crippen LogP contribution < -0.4 is 15.0 Å². The van der Waals surface area contributed by atoms with E-state index in [0.717, 1.165) is 12.1 Å². The Bertz CT molecular complexity index is 803. The molecule has 5 heteroatoms. The summed E-state index contributed by atoms with van der Waals surface area (Å²) in [5, 5.41) is 2.85. The summed E-state index contributed by atoms with van der Waals surface area (Å²) in [6, 6.07) is 15.2. The normalized spacial score (nSPS) is 18.9. The maximum Gasteiger partial charge on any atom is 0.231 e. The van der Waals surface area contributed by atoms with Crippen molar-refractivity contribution in [1.29, 1.82) is 0 Å². The summed E-state index contributed by atoms with van der Waals surface area (Å²) < 4.78 is 5.71. The van der Waals surface area contributed by atoms with Gasteiger partial charge < -0.3 is 15.0 Å². The predicted molar refractivity (Wildman–Crippen MR) is 91.2 cm³/mol. The van der Waals surface area contributed by atoms with Crippen molar-refractivity contribution in [2.45, 2.75) is 12.8 Å². The highest BCUT2D eigenvalue weighted by molar-refractivity contribution is 6.01. The van der Waals surface area contributed by atoms with Crippen molar-refractivity contribution >= 4 is 23.2 Å². The fourth-order valence-electron chi connectivity index (χ4n) is 3.27. The van der Waals surface area contributed by atoms with E-state index in [2.05, 4.69) is 5.32 Å². The van der Waals surface area contributed by atoms with Crippen LogP contribution in [0, 0.1) is 5.92 Å². The predicted octanol–water partition coefficient (Wildman–Crippen LogP) is 2.61. The molecule has 5 nitrogen and oxygen atoms in total. The number of amides is 2. The van der Waals surface area contributed by atoms with Gasteiger partial charge in [0.05, 0.1) is 11.6 Å². The van der Waals surface area contributed by atoms with Crippen LogP contribution in [-0.4, -0.2) is 25.0 Å². The second-order valence-electron chi connectivity index (χ2n) is 6.12. The SMILES string of the molecule is O=C1Nc2ccccc2OCC1CC(=O)N1CCc2ccccc21. The molecule has 1 unspecified atom stereocenters. The molecule has 2 heterocycles. The van der Waals surface area contributed by atoms with Crippen molar-refractivity contribution in [1.82, 2.24) is 0 Å². The lowest BCUT2D eigenvalue weighted by Gasteiger charge is -2.20. The lowest BCUT2D eigenvalue weighted by atomic mass is 10.0. The summed E-state index contributed by atoms with van der Waals surface area (Å²) in [5.41, 5.74) is 2.80. The van der Waals surface area contributed by atoms with Crippen molar-refractivity contribution < 1.29 is 14.3 Å². The first-order valence-electron chi connectivity index (χ1n) is 8.13. The molecular formula is C19H18N2O3. The van der Waals surface area contributed by atoms with Crippen LogP contribution in [0.15, 0.2) is 48.5 Å². The fraction of sp³-hybridized carbons (Fsp3) is 0.263. The highest BCUT2D eigenvalue weighted by atomic mass is 16.5. The van der Waals surface area contributed by atoms with Crippen LogP contribution in [-0.2, 0) is 16.0 Å². The van der Waals surface area contributed by atoms with Crippen molar-refractivity contribution in [3.8, 4) is 5.75 Å². The van der Waals surface area contributed by atoms with Crippen LogP contribution in [0.2, 0.25) is 0 Å². The lowest BCUT2D eigenvalue weighted by molar-refractivity contribution is -0.126. The number of fused-ring (bicyclic) bond motifs is 2. The van der Waals surface area contributed by atoms with Gasteiger partial charge in [-0.3, -0.25) is 9.59 Å². The van der Waals surface area contributed by atoms with Crippen LogP contribution in [0.5, 0.6) is 5.75 Å². The maximum atomic E-state index is 12.7. The number of benzene rings is 2. The molecule has 0 spiro atoms. The number of nitrogens with zero attached hydrogens (tertiary/aromatic N) is 1. The molecule has 0 saturated heterocycles. The Kier molecular flexibility index (Phi) is 3.69. The van der Waals surface area contributed by atoms with Crippen molar-refractivity contribution in [3.63, 3.8) is 0 Å². The van der Waals surface area contributed by atoms with E-state index in [0.29, 0.717) is 18.0 Å². The van der Waals surface area contributed by atoms with Gasteiger partial charge in [-0.15, -0.1) is 0 Å². The number of nitrogens with one attached hydrogen (secondary N) is 1. The Hall–Kier alpha value is -2.82. The van der Waals surface area contributed by atoms with Crippen LogP contribution >= 0.6 is 0 Å². The number of anilines is 2. The molecule has 2 aromatic rings. The van der Waals surface area contributed by atoms with Gasteiger partial charge in [0.2, 0.25) is 11.8 Å². The summed E-state index contributed by atoms with van der Waals surface area (Å²) in [7, 11) is 0. The lowest BCUT2D eigenvalue weighted by Crippen LogP contribution is -2.35. The second-order valence-corrected chi connectivity index (χ2v) is 6.12. The summed E-state index contributed by atoms with van der Waals surface area (Å²) >= 11 is 0. The van der Waals surface area contributed by atoms with Gasteiger partial charge in [0.1, 0.15) is 12.4 Å². The number of carbonyl (C=O) groups is 2. The van der Waals surface area contributed by atoms with Gasteiger partial charge in [0.15, 0.2) is 0 Å². The third-order valence-electron chi connectivity index (χ3n) is 4.56.